The van der Waals surface area contributed by atoms with Gasteiger partial charge in [0.05, 0.1) is 17.9 Å². The van der Waals surface area contributed by atoms with Crippen LogP contribution >= 0.6 is 11.6 Å². The smallest absolute Gasteiger partial charge is 0.352 e. The van der Waals surface area contributed by atoms with Crippen LogP contribution in [0.2, 0.25) is 5.02 Å². The molecule has 2 aromatic carbocycles. The van der Waals surface area contributed by atoms with Gasteiger partial charge in [-0.3, -0.25) is 4.99 Å². The molecule has 0 bridgehead atoms. The van der Waals surface area contributed by atoms with Crippen LogP contribution in [0.3, 0.4) is 0 Å². The molecule has 0 unspecified atom stereocenters. The first-order valence-electron chi connectivity index (χ1n) is 7.60. The van der Waals surface area contributed by atoms with Gasteiger partial charge in [0.15, 0.2) is 0 Å². The molecule has 6 heteroatoms. The van der Waals surface area contributed by atoms with E-state index in [1.165, 1.54) is 6.07 Å². The van der Waals surface area contributed by atoms with Crippen LogP contribution in [0.4, 0.5) is 4.39 Å². The molecule has 3 aromatic rings. The Kier molecular flexibility index (Phi) is 3.66. The number of halogens is 2. The van der Waals surface area contributed by atoms with Gasteiger partial charge in [0.1, 0.15) is 11.5 Å². The van der Waals surface area contributed by atoms with E-state index in [1.807, 2.05) is 0 Å². The van der Waals surface area contributed by atoms with Crippen LogP contribution in [0.1, 0.15) is 27.3 Å². The van der Waals surface area contributed by atoms with E-state index in [-0.39, 0.29) is 12.2 Å². The molecule has 0 spiro atoms. The summed E-state index contributed by atoms with van der Waals surface area (Å²) >= 11 is 6.15. The van der Waals surface area contributed by atoms with Gasteiger partial charge in [0, 0.05) is 21.8 Å². The fraction of sp³-hybridized carbons (Fsp3) is 0.0526. The number of carboxylic acids is 1. The minimum Gasteiger partial charge on any atom is -0.477 e. The summed E-state index contributed by atoms with van der Waals surface area (Å²) in [6, 6.07) is 14.7. The highest BCUT2D eigenvalue weighted by Gasteiger charge is 2.24. The fourth-order valence-electron chi connectivity index (χ4n) is 3.08. The van der Waals surface area contributed by atoms with Gasteiger partial charge in [-0.25, -0.2) is 9.18 Å². The third kappa shape index (κ3) is 2.53. The number of aromatic carboxylic acids is 1. The second-order valence-corrected chi connectivity index (χ2v) is 6.09. The van der Waals surface area contributed by atoms with Crippen molar-refractivity contribution >= 4 is 23.3 Å². The van der Waals surface area contributed by atoms with Crippen molar-refractivity contribution < 1.29 is 14.3 Å². The number of benzene rings is 2. The Labute approximate surface area is 147 Å². The van der Waals surface area contributed by atoms with Gasteiger partial charge >= 0.3 is 5.97 Å². The van der Waals surface area contributed by atoms with Crippen LogP contribution in [0.25, 0.3) is 5.69 Å². The first-order valence-corrected chi connectivity index (χ1v) is 7.97. The standard InChI is InChI=1S/C19H12ClFN2O2/c20-11-5-7-16-14(9-11)18(13-3-1-2-4-15(13)21)22-10-12-6-8-17(19(24)25)23(12)16/h1-9H,10H2,(H,24,25). The van der Waals surface area contributed by atoms with Crippen molar-refractivity contribution in [1.29, 1.82) is 0 Å². The molecule has 0 fully saturated rings. The maximum atomic E-state index is 14.3. The Morgan fingerprint density at radius 3 is 2.68 bits per heavy atom. The first-order chi connectivity index (χ1) is 12.1. The van der Waals surface area contributed by atoms with Crippen molar-refractivity contribution in [2.45, 2.75) is 6.54 Å². The number of hydrogen-bond donors (Lipinski definition) is 1. The average molecular weight is 355 g/mol. The molecule has 4 nitrogen and oxygen atoms in total. The van der Waals surface area contributed by atoms with Crippen molar-refractivity contribution in [3.8, 4) is 5.69 Å². The van der Waals surface area contributed by atoms with E-state index >= 15 is 0 Å². The zero-order valence-electron chi connectivity index (χ0n) is 12.9. The lowest BCUT2D eigenvalue weighted by atomic mass is 10.00. The van der Waals surface area contributed by atoms with Gasteiger partial charge in [-0.1, -0.05) is 23.7 Å². The van der Waals surface area contributed by atoms with Crippen molar-refractivity contribution in [2.75, 3.05) is 0 Å². The van der Waals surface area contributed by atoms with Gasteiger partial charge in [-0.05, 0) is 42.5 Å². The predicted octanol–water partition coefficient (Wildman–Crippen LogP) is 4.32. The number of hydrogen-bond acceptors (Lipinski definition) is 2. The lowest BCUT2D eigenvalue weighted by Crippen LogP contribution is -2.12. The summed E-state index contributed by atoms with van der Waals surface area (Å²) in [5.74, 6) is -1.43. The Balaban J connectivity index is 2.03. The number of aliphatic imine (C=N–C) groups is 1. The number of nitrogens with zero attached hydrogens (tertiary/aromatic N) is 2. The molecular weight excluding hydrogens is 343 g/mol. The highest BCUT2D eigenvalue weighted by molar-refractivity contribution is 6.31. The van der Waals surface area contributed by atoms with E-state index in [1.54, 1.807) is 53.1 Å². The van der Waals surface area contributed by atoms with Crippen molar-refractivity contribution in [3.63, 3.8) is 0 Å². The topological polar surface area (TPSA) is 54.6 Å². The third-order valence-electron chi connectivity index (χ3n) is 4.16. The molecule has 1 aliphatic rings. The predicted molar refractivity (Wildman–Crippen MR) is 93.5 cm³/mol. The summed E-state index contributed by atoms with van der Waals surface area (Å²) in [5, 5.41) is 9.95. The minimum atomic E-state index is -1.04. The number of fused-ring (bicyclic) bond motifs is 3. The van der Waals surface area contributed by atoms with E-state index in [4.69, 9.17) is 11.6 Å². The number of carboxylic acid groups (broad SMARTS) is 1. The maximum Gasteiger partial charge on any atom is 0.352 e. The molecule has 2 heterocycles. The summed E-state index contributed by atoms with van der Waals surface area (Å²) < 4.78 is 16.0. The van der Waals surface area contributed by atoms with E-state index < -0.39 is 11.8 Å². The molecule has 0 amide bonds. The Morgan fingerprint density at radius 1 is 1.12 bits per heavy atom. The Hall–Kier alpha value is -2.92. The molecule has 1 N–H and O–H groups in total. The zero-order chi connectivity index (χ0) is 17.6. The van der Waals surface area contributed by atoms with E-state index in [9.17, 15) is 14.3 Å². The van der Waals surface area contributed by atoms with Crippen molar-refractivity contribution in [3.05, 3.63) is 88.0 Å². The van der Waals surface area contributed by atoms with Gasteiger partial charge in [-0.2, -0.15) is 0 Å². The maximum absolute atomic E-state index is 14.3. The molecule has 1 aromatic heterocycles. The Morgan fingerprint density at radius 2 is 1.92 bits per heavy atom. The Bertz CT molecular complexity index is 1040. The van der Waals surface area contributed by atoms with E-state index in [0.29, 0.717) is 33.2 Å². The SMILES string of the molecule is O=C(O)c1ccc2n1-c1ccc(Cl)cc1C(c1ccccc1F)=NC2. The summed E-state index contributed by atoms with van der Waals surface area (Å²) in [6.45, 7) is 0.239. The van der Waals surface area contributed by atoms with Crippen LogP contribution in [-0.2, 0) is 6.54 Å². The number of rotatable bonds is 2. The van der Waals surface area contributed by atoms with Crippen LogP contribution in [0.5, 0.6) is 0 Å². The average Bonchev–Trinajstić information content (AvgIpc) is 2.94. The molecular formula is C19H12ClFN2O2. The minimum absolute atomic E-state index is 0.128. The summed E-state index contributed by atoms with van der Waals surface area (Å²) in [5.41, 5.74) is 2.86. The largest absolute Gasteiger partial charge is 0.477 e. The molecule has 0 saturated carbocycles. The molecule has 1 aliphatic heterocycles. The molecule has 0 saturated heterocycles. The van der Waals surface area contributed by atoms with Crippen LogP contribution in [-0.4, -0.2) is 21.4 Å². The fourth-order valence-corrected chi connectivity index (χ4v) is 3.25. The van der Waals surface area contributed by atoms with E-state index in [2.05, 4.69) is 4.99 Å². The molecule has 0 atom stereocenters. The van der Waals surface area contributed by atoms with Gasteiger partial charge in [0.25, 0.3) is 0 Å². The highest BCUT2D eigenvalue weighted by atomic mass is 35.5. The van der Waals surface area contributed by atoms with E-state index in [0.717, 1.165) is 0 Å². The van der Waals surface area contributed by atoms with Gasteiger partial charge < -0.3 is 9.67 Å². The van der Waals surface area contributed by atoms with Crippen LogP contribution in [0, 0.1) is 5.82 Å². The summed E-state index contributed by atoms with van der Waals surface area (Å²) in [7, 11) is 0. The highest BCUT2D eigenvalue weighted by Crippen LogP contribution is 2.30. The lowest BCUT2D eigenvalue weighted by Gasteiger charge is -2.14. The van der Waals surface area contributed by atoms with Crippen molar-refractivity contribution in [1.82, 2.24) is 4.57 Å². The second kappa shape index (κ2) is 5.86. The lowest BCUT2D eigenvalue weighted by molar-refractivity contribution is 0.0688. The molecule has 4 rings (SSSR count). The van der Waals surface area contributed by atoms with Crippen molar-refractivity contribution in [2.24, 2.45) is 4.99 Å². The molecule has 0 aliphatic carbocycles. The first kappa shape index (κ1) is 15.6. The third-order valence-corrected chi connectivity index (χ3v) is 4.40. The summed E-state index contributed by atoms with van der Waals surface area (Å²) in [4.78, 5) is 16.1. The second-order valence-electron chi connectivity index (χ2n) is 5.66. The van der Waals surface area contributed by atoms with Crippen LogP contribution < -0.4 is 0 Å². The van der Waals surface area contributed by atoms with Gasteiger partial charge in [-0.15, -0.1) is 0 Å². The number of aromatic nitrogens is 1. The molecule has 25 heavy (non-hydrogen) atoms. The molecule has 124 valence electrons. The monoisotopic (exact) mass is 354 g/mol. The summed E-state index contributed by atoms with van der Waals surface area (Å²) in [6.07, 6.45) is 0. The molecule has 0 radical (unpaired) electrons. The van der Waals surface area contributed by atoms with Gasteiger partial charge in [0.2, 0.25) is 0 Å². The zero-order valence-corrected chi connectivity index (χ0v) is 13.7. The number of carbonyl (C=O) groups is 1. The van der Waals surface area contributed by atoms with Crippen LogP contribution in [0.15, 0.2) is 59.6 Å². The quantitative estimate of drug-likeness (QED) is 0.745. The normalized spacial score (nSPS) is 12.8.